The minimum Gasteiger partial charge on any atom is -0.317 e. The minimum atomic E-state index is 0. The smallest absolute Gasteiger partial charge is 0.225 e. The Balaban J connectivity index is 0.00000245. The number of fused-ring (bicyclic) bond motifs is 2. The fourth-order valence-corrected chi connectivity index (χ4v) is 7.12. The van der Waals surface area contributed by atoms with Gasteiger partial charge in [-0.3, -0.25) is 4.79 Å². The molecule has 0 atom stereocenters. The summed E-state index contributed by atoms with van der Waals surface area (Å²) in [6.07, 6.45) is 1.48. The number of benzene rings is 2. The number of carbonyl (C=O) groups is 1. The molecular formula is C24H24ClN3OS3. The number of likely N-dealkylation sites (N-methyl/N-ethyl adjacent to an activating group) is 1. The largest absolute Gasteiger partial charge is 0.317 e. The van der Waals surface area contributed by atoms with Crippen molar-refractivity contribution in [2.45, 2.75) is 24.3 Å². The number of anilines is 1. The fraction of sp³-hybridized carbons (Fsp3) is 0.250. The first-order valence-corrected chi connectivity index (χ1v) is 13.0. The Morgan fingerprint density at radius 2 is 1.91 bits per heavy atom. The number of para-hydroxylation sites is 1. The van der Waals surface area contributed by atoms with Crippen LogP contribution in [0.5, 0.6) is 0 Å². The predicted octanol–water partition coefficient (Wildman–Crippen LogP) is 6.56. The number of thioether (sulfide) groups is 1. The van der Waals surface area contributed by atoms with Gasteiger partial charge in [0.15, 0.2) is 0 Å². The maximum absolute atomic E-state index is 12.8. The molecular weight excluding hydrogens is 478 g/mol. The normalized spacial score (nSPS) is 13.5. The van der Waals surface area contributed by atoms with E-state index in [0.29, 0.717) is 6.42 Å². The molecule has 2 aromatic heterocycles. The van der Waals surface area contributed by atoms with Crippen LogP contribution in [-0.2, 0) is 17.8 Å². The number of nitrogens with one attached hydrogen (secondary N) is 1. The van der Waals surface area contributed by atoms with Crippen LogP contribution < -0.4 is 5.32 Å². The van der Waals surface area contributed by atoms with Gasteiger partial charge < -0.3 is 10.2 Å². The molecule has 0 fully saturated rings. The van der Waals surface area contributed by atoms with Crippen molar-refractivity contribution in [3.63, 3.8) is 0 Å². The molecule has 0 radical (unpaired) electrons. The molecule has 8 heteroatoms. The van der Waals surface area contributed by atoms with Crippen LogP contribution in [0.2, 0.25) is 0 Å². The zero-order chi connectivity index (χ0) is 21.2. The summed E-state index contributed by atoms with van der Waals surface area (Å²) in [6, 6.07) is 18.5. The lowest BCUT2D eigenvalue weighted by Gasteiger charge is -2.22. The van der Waals surface area contributed by atoms with Gasteiger partial charge in [-0.2, -0.15) is 0 Å². The highest BCUT2D eigenvalue weighted by Crippen LogP contribution is 2.45. The molecule has 1 N–H and O–H groups in total. The van der Waals surface area contributed by atoms with Crippen LogP contribution in [0.15, 0.2) is 59.5 Å². The lowest BCUT2D eigenvalue weighted by atomic mass is 10.0. The number of hydrogen-bond donors (Lipinski definition) is 1. The van der Waals surface area contributed by atoms with E-state index in [1.807, 2.05) is 24.3 Å². The zero-order valence-corrected chi connectivity index (χ0v) is 20.9. The number of halogens is 1. The molecule has 2 aromatic carbocycles. The van der Waals surface area contributed by atoms with Gasteiger partial charge in [0.2, 0.25) is 5.91 Å². The van der Waals surface area contributed by atoms with E-state index in [1.165, 1.54) is 20.0 Å². The molecule has 5 rings (SSSR count). The number of rotatable bonds is 6. The predicted molar refractivity (Wildman–Crippen MR) is 141 cm³/mol. The first-order valence-electron chi connectivity index (χ1n) is 10.3. The van der Waals surface area contributed by atoms with Gasteiger partial charge in [-0.05, 0) is 43.3 Å². The van der Waals surface area contributed by atoms with Crippen molar-refractivity contribution < 1.29 is 4.79 Å². The van der Waals surface area contributed by atoms with Crippen molar-refractivity contribution >= 4 is 68.0 Å². The molecule has 32 heavy (non-hydrogen) atoms. The molecule has 0 bridgehead atoms. The monoisotopic (exact) mass is 501 g/mol. The molecule has 0 saturated heterocycles. The Bertz CT molecular complexity index is 1190. The molecule has 0 saturated carbocycles. The van der Waals surface area contributed by atoms with Crippen LogP contribution in [0.25, 0.3) is 20.8 Å². The lowest BCUT2D eigenvalue weighted by molar-refractivity contribution is -0.115. The molecule has 166 valence electrons. The molecule has 0 aliphatic carbocycles. The van der Waals surface area contributed by atoms with Crippen molar-refractivity contribution in [2.75, 3.05) is 24.7 Å². The summed E-state index contributed by atoms with van der Waals surface area (Å²) in [6.45, 7) is 1.96. The van der Waals surface area contributed by atoms with Gasteiger partial charge >= 0.3 is 0 Å². The van der Waals surface area contributed by atoms with Gasteiger partial charge in [-0.25, -0.2) is 4.98 Å². The minimum absolute atomic E-state index is 0. The van der Waals surface area contributed by atoms with E-state index in [2.05, 4.69) is 47.6 Å². The average molecular weight is 502 g/mol. The van der Waals surface area contributed by atoms with Gasteiger partial charge in [0.1, 0.15) is 10.0 Å². The number of nitrogens with zero attached hydrogens (tertiary/aromatic N) is 2. The van der Waals surface area contributed by atoms with Gasteiger partial charge in [-0.1, -0.05) is 30.3 Å². The SMILES string of the molecule is CN1CCc2c(sc(NC(=O)CCSc3ccccc3)c2-c2nc3ccccc3s2)C1.Cl. The Morgan fingerprint density at radius 3 is 2.72 bits per heavy atom. The summed E-state index contributed by atoms with van der Waals surface area (Å²) in [5.41, 5.74) is 3.52. The van der Waals surface area contributed by atoms with E-state index >= 15 is 0 Å². The fourth-order valence-electron chi connectivity index (χ4n) is 3.79. The maximum atomic E-state index is 12.8. The molecule has 0 spiro atoms. The van der Waals surface area contributed by atoms with Crippen LogP contribution in [0.1, 0.15) is 16.9 Å². The number of aromatic nitrogens is 1. The highest BCUT2D eigenvalue weighted by atomic mass is 35.5. The van der Waals surface area contributed by atoms with Gasteiger partial charge in [0, 0.05) is 40.6 Å². The number of thiazole rings is 1. The van der Waals surface area contributed by atoms with E-state index in [-0.39, 0.29) is 18.3 Å². The third-order valence-corrected chi connectivity index (χ3v) is 8.55. The van der Waals surface area contributed by atoms with Crippen molar-refractivity contribution in [2.24, 2.45) is 0 Å². The van der Waals surface area contributed by atoms with Gasteiger partial charge in [0.05, 0.1) is 10.2 Å². The highest BCUT2D eigenvalue weighted by Gasteiger charge is 2.26. The van der Waals surface area contributed by atoms with Crippen LogP contribution >= 0.6 is 46.8 Å². The van der Waals surface area contributed by atoms with E-state index in [0.717, 1.165) is 46.4 Å². The summed E-state index contributed by atoms with van der Waals surface area (Å²) >= 11 is 5.14. The standard InChI is InChI=1S/C24H23N3OS3.ClH/c1-27-13-11-17-20(15-27)31-24(22(17)23-25-18-9-5-6-10-19(18)30-23)26-21(28)12-14-29-16-7-3-2-4-8-16;/h2-10H,11-15H2,1H3,(H,26,28);1H. The molecule has 4 aromatic rings. The second kappa shape index (κ2) is 10.4. The molecule has 1 aliphatic rings. The number of amides is 1. The third kappa shape index (κ3) is 5.02. The van der Waals surface area contributed by atoms with Crippen molar-refractivity contribution in [1.29, 1.82) is 0 Å². The van der Waals surface area contributed by atoms with E-state index in [9.17, 15) is 4.79 Å². The van der Waals surface area contributed by atoms with E-state index < -0.39 is 0 Å². The molecule has 3 heterocycles. The second-order valence-electron chi connectivity index (χ2n) is 7.64. The Hall–Kier alpha value is -1.90. The van der Waals surface area contributed by atoms with Crippen LogP contribution in [0.4, 0.5) is 5.00 Å². The number of hydrogen-bond acceptors (Lipinski definition) is 6. The number of carbonyl (C=O) groups excluding carboxylic acids is 1. The topological polar surface area (TPSA) is 45.2 Å². The quantitative estimate of drug-likeness (QED) is 0.304. The summed E-state index contributed by atoms with van der Waals surface area (Å²) < 4.78 is 1.18. The molecule has 4 nitrogen and oxygen atoms in total. The lowest BCUT2D eigenvalue weighted by Crippen LogP contribution is -2.25. The van der Waals surface area contributed by atoms with Gasteiger partial charge in [-0.15, -0.1) is 46.8 Å². The van der Waals surface area contributed by atoms with Crippen molar-refractivity contribution in [3.05, 3.63) is 65.0 Å². The Labute approximate surface area is 206 Å². The first kappa shape index (κ1) is 23.3. The maximum Gasteiger partial charge on any atom is 0.225 e. The third-order valence-electron chi connectivity index (χ3n) is 5.35. The average Bonchev–Trinajstić information content (AvgIpc) is 3.34. The molecule has 0 unspecified atom stereocenters. The number of thiophene rings is 1. The Kier molecular flexibility index (Phi) is 7.53. The van der Waals surface area contributed by atoms with E-state index in [1.54, 1.807) is 34.4 Å². The van der Waals surface area contributed by atoms with Crippen molar-refractivity contribution in [3.8, 4) is 10.6 Å². The van der Waals surface area contributed by atoms with Crippen LogP contribution in [0, 0.1) is 0 Å². The summed E-state index contributed by atoms with van der Waals surface area (Å²) in [5, 5.41) is 5.19. The van der Waals surface area contributed by atoms with E-state index in [4.69, 9.17) is 4.98 Å². The summed E-state index contributed by atoms with van der Waals surface area (Å²) in [7, 11) is 2.15. The Morgan fingerprint density at radius 1 is 1.12 bits per heavy atom. The van der Waals surface area contributed by atoms with Crippen molar-refractivity contribution in [1.82, 2.24) is 9.88 Å². The zero-order valence-electron chi connectivity index (χ0n) is 17.7. The summed E-state index contributed by atoms with van der Waals surface area (Å²) in [5.74, 6) is 0.831. The molecule has 1 amide bonds. The van der Waals surface area contributed by atoms with Crippen LogP contribution in [-0.4, -0.2) is 35.1 Å². The van der Waals surface area contributed by atoms with Crippen LogP contribution in [0.3, 0.4) is 0 Å². The second-order valence-corrected chi connectivity index (χ2v) is 10.9. The van der Waals surface area contributed by atoms with Gasteiger partial charge in [0.25, 0.3) is 0 Å². The first-order chi connectivity index (χ1) is 15.2. The summed E-state index contributed by atoms with van der Waals surface area (Å²) in [4.78, 5) is 22.6. The molecule has 1 aliphatic heterocycles. The highest BCUT2D eigenvalue weighted by molar-refractivity contribution is 7.99.